The number of morpholine rings is 2. The molecule has 0 atom stereocenters. The maximum absolute atomic E-state index is 13.7. The number of nitrogens with one attached hydrogen (secondary N) is 1. The molecule has 0 aromatic heterocycles. The molecule has 0 spiro atoms. The van der Waals surface area contributed by atoms with E-state index in [1.807, 2.05) is 9.34 Å². The lowest BCUT2D eigenvalue weighted by Gasteiger charge is -2.41. The largest absolute Gasteiger partial charge is 0.379 e. The minimum Gasteiger partial charge on any atom is -0.379 e. The molecule has 2 heterocycles. The molecule has 0 amide bonds. The summed E-state index contributed by atoms with van der Waals surface area (Å²) in [5.74, 6) is 0. The van der Waals surface area contributed by atoms with E-state index in [4.69, 9.17) is 9.47 Å². The van der Waals surface area contributed by atoms with Crippen molar-refractivity contribution in [2.45, 2.75) is 0 Å². The Kier molecular flexibility index (Phi) is 6.33. The minimum atomic E-state index is -3.08. The van der Waals surface area contributed by atoms with E-state index >= 15 is 0 Å². The maximum Gasteiger partial charge on any atom is 0.324 e. The summed E-state index contributed by atoms with van der Waals surface area (Å²) in [6, 6.07) is 6.01. The van der Waals surface area contributed by atoms with Gasteiger partial charge in [-0.3, -0.25) is 14.7 Å². The number of nitrogens with zero attached hydrogens (tertiary/aromatic N) is 4. The van der Waals surface area contributed by atoms with Crippen molar-refractivity contribution in [2.24, 2.45) is 5.10 Å². The Hall–Kier alpha value is -1.84. The number of hydrogen-bond donors (Lipinski definition) is 1. The Labute approximate surface area is 151 Å². The van der Waals surface area contributed by atoms with Crippen molar-refractivity contribution in [2.75, 3.05) is 52.6 Å². The predicted octanol–water partition coefficient (Wildman–Crippen LogP) is 1.29. The van der Waals surface area contributed by atoms with Crippen molar-refractivity contribution in [3.63, 3.8) is 0 Å². The van der Waals surface area contributed by atoms with Crippen molar-refractivity contribution >= 4 is 19.5 Å². The van der Waals surface area contributed by atoms with Crippen LogP contribution in [0, 0.1) is 10.1 Å². The Morgan fingerprint density at radius 2 is 1.54 bits per heavy atom. The second kappa shape index (κ2) is 8.70. The molecule has 0 aliphatic carbocycles. The Morgan fingerprint density at radius 3 is 2.00 bits per heavy atom. The summed E-state index contributed by atoms with van der Waals surface area (Å²) in [6.45, 7) is 4.38. The molecule has 0 saturated carbocycles. The van der Waals surface area contributed by atoms with Crippen molar-refractivity contribution in [1.82, 2.24) is 14.5 Å². The van der Waals surface area contributed by atoms with Crippen LogP contribution in [-0.2, 0) is 14.0 Å². The molecule has 0 radical (unpaired) electrons. The third-order valence-electron chi connectivity index (χ3n) is 4.25. The summed E-state index contributed by atoms with van der Waals surface area (Å²) in [5, 5.41) is 17.7. The van der Waals surface area contributed by atoms with Gasteiger partial charge in [-0.25, -0.2) is 14.5 Å². The normalized spacial score (nSPS) is 20.3. The van der Waals surface area contributed by atoms with Crippen LogP contribution >= 0.6 is 7.59 Å². The summed E-state index contributed by atoms with van der Waals surface area (Å²) in [5.41, 5.74) is 0.695. The molecule has 1 aromatic rings. The fourth-order valence-electron chi connectivity index (χ4n) is 2.82. The summed E-state index contributed by atoms with van der Waals surface area (Å²) in [7, 11) is -3.08. The van der Waals surface area contributed by atoms with Crippen LogP contribution in [0.15, 0.2) is 29.4 Å². The number of non-ortho nitro benzene ring substituents is 1. The van der Waals surface area contributed by atoms with E-state index in [0.29, 0.717) is 58.2 Å². The second-order valence-electron chi connectivity index (χ2n) is 5.88. The molecule has 11 heteroatoms. The van der Waals surface area contributed by atoms with E-state index in [1.54, 1.807) is 12.1 Å². The molecular weight excluding hydrogens is 361 g/mol. The summed E-state index contributed by atoms with van der Waals surface area (Å²) >= 11 is 0. The zero-order valence-electron chi connectivity index (χ0n) is 14.3. The third kappa shape index (κ3) is 4.46. The van der Waals surface area contributed by atoms with Crippen LogP contribution < -0.4 is 5.20 Å². The molecular formula is C15H22N5O5P. The summed E-state index contributed by atoms with van der Waals surface area (Å²) in [4.78, 5) is 10.2. The van der Waals surface area contributed by atoms with Crippen LogP contribution in [0.5, 0.6) is 0 Å². The van der Waals surface area contributed by atoms with Gasteiger partial charge in [0.25, 0.3) is 5.69 Å². The highest BCUT2D eigenvalue weighted by atomic mass is 31.2. The van der Waals surface area contributed by atoms with Crippen molar-refractivity contribution in [3.8, 4) is 0 Å². The highest BCUT2D eigenvalue weighted by molar-refractivity contribution is 7.56. The average molecular weight is 383 g/mol. The van der Waals surface area contributed by atoms with E-state index < -0.39 is 12.5 Å². The lowest BCUT2D eigenvalue weighted by atomic mass is 10.2. The van der Waals surface area contributed by atoms with Crippen LogP contribution in [-0.4, -0.2) is 73.1 Å². The van der Waals surface area contributed by atoms with Gasteiger partial charge in [0.15, 0.2) is 0 Å². The van der Waals surface area contributed by atoms with E-state index in [9.17, 15) is 14.7 Å². The highest BCUT2D eigenvalue weighted by Crippen LogP contribution is 2.49. The van der Waals surface area contributed by atoms with Crippen molar-refractivity contribution in [3.05, 3.63) is 39.9 Å². The van der Waals surface area contributed by atoms with Crippen LogP contribution in [0.3, 0.4) is 0 Å². The molecule has 2 saturated heterocycles. The first kappa shape index (κ1) is 18.9. The van der Waals surface area contributed by atoms with Crippen LogP contribution in [0.25, 0.3) is 0 Å². The SMILES string of the molecule is O=[N+]([O-])c1ccc(/C=N/NP(=O)(N2CCOCC2)N2CCOCC2)cc1. The standard InChI is InChI=1S/C15H22N5O5P/c21-20(22)15-3-1-14(2-4-15)13-16-17-26(23,18-5-9-24-10-6-18)19-7-11-25-12-8-19/h1-4,13H,5-12H2,(H,17,23)/b16-13+. The number of ether oxygens (including phenoxy) is 2. The van der Waals surface area contributed by atoms with Gasteiger partial charge in [-0.1, -0.05) is 0 Å². The first-order valence-electron chi connectivity index (χ1n) is 8.41. The van der Waals surface area contributed by atoms with Crippen LogP contribution in [0.4, 0.5) is 5.69 Å². The van der Waals surface area contributed by atoms with E-state index in [0.717, 1.165) is 0 Å². The van der Waals surface area contributed by atoms with E-state index in [-0.39, 0.29) is 5.69 Å². The smallest absolute Gasteiger partial charge is 0.324 e. The number of hydrogen-bond acceptors (Lipinski definition) is 6. The monoisotopic (exact) mass is 383 g/mol. The van der Waals surface area contributed by atoms with Crippen LogP contribution in [0.2, 0.25) is 0 Å². The molecule has 1 N–H and O–H groups in total. The molecule has 2 aliphatic heterocycles. The quantitative estimate of drug-likeness (QED) is 0.339. The zero-order valence-corrected chi connectivity index (χ0v) is 15.2. The predicted molar refractivity (Wildman–Crippen MR) is 96.2 cm³/mol. The molecule has 2 aliphatic rings. The van der Waals surface area contributed by atoms with Gasteiger partial charge >= 0.3 is 7.59 Å². The number of rotatable bonds is 6. The van der Waals surface area contributed by atoms with Gasteiger partial charge in [-0.2, -0.15) is 5.10 Å². The summed E-state index contributed by atoms with van der Waals surface area (Å²) in [6.07, 6.45) is 1.51. The molecule has 3 rings (SSSR count). The second-order valence-corrected chi connectivity index (χ2v) is 8.30. The van der Waals surface area contributed by atoms with Crippen molar-refractivity contribution in [1.29, 1.82) is 0 Å². The molecule has 0 bridgehead atoms. The lowest BCUT2D eigenvalue weighted by molar-refractivity contribution is -0.384. The van der Waals surface area contributed by atoms with Gasteiger partial charge in [0.05, 0.1) is 37.6 Å². The van der Waals surface area contributed by atoms with Gasteiger partial charge in [0, 0.05) is 38.3 Å². The number of hydrazone groups is 1. The summed E-state index contributed by atoms with van der Waals surface area (Å²) < 4.78 is 28.2. The topological polar surface area (TPSA) is 110 Å². The molecule has 26 heavy (non-hydrogen) atoms. The zero-order chi connectivity index (χ0) is 18.4. The molecule has 10 nitrogen and oxygen atoms in total. The number of benzene rings is 1. The molecule has 142 valence electrons. The maximum atomic E-state index is 13.7. The van der Waals surface area contributed by atoms with Crippen LogP contribution in [0.1, 0.15) is 5.56 Å². The first-order valence-corrected chi connectivity index (χ1v) is 10.0. The Balaban J connectivity index is 1.72. The van der Waals surface area contributed by atoms with Gasteiger partial charge in [-0.05, 0) is 17.7 Å². The molecule has 2 fully saturated rings. The highest BCUT2D eigenvalue weighted by Gasteiger charge is 2.39. The Morgan fingerprint density at radius 1 is 1.04 bits per heavy atom. The third-order valence-corrected chi connectivity index (χ3v) is 6.96. The minimum absolute atomic E-state index is 0.0161. The van der Waals surface area contributed by atoms with E-state index in [2.05, 4.69) is 10.3 Å². The molecule has 0 unspecified atom stereocenters. The van der Waals surface area contributed by atoms with Gasteiger partial charge in [-0.15, -0.1) is 0 Å². The van der Waals surface area contributed by atoms with Crippen molar-refractivity contribution < 1.29 is 19.0 Å². The first-order chi connectivity index (χ1) is 12.6. The number of nitro benzene ring substituents is 1. The van der Waals surface area contributed by atoms with E-state index in [1.165, 1.54) is 18.3 Å². The van der Waals surface area contributed by atoms with Gasteiger partial charge in [0.2, 0.25) is 0 Å². The lowest BCUT2D eigenvalue weighted by Crippen LogP contribution is -2.46. The van der Waals surface area contributed by atoms with Gasteiger partial charge < -0.3 is 9.47 Å². The average Bonchev–Trinajstić information content (AvgIpc) is 2.69. The Bertz CT molecular complexity index is 664. The molecule has 1 aromatic carbocycles. The fourth-order valence-corrected chi connectivity index (χ4v) is 5.05. The fraction of sp³-hybridized carbons (Fsp3) is 0.533. The van der Waals surface area contributed by atoms with Gasteiger partial charge in [0.1, 0.15) is 0 Å². The number of nitro groups is 1.